The maximum absolute atomic E-state index is 4.45. The summed E-state index contributed by atoms with van der Waals surface area (Å²) < 4.78 is 2.57. The maximum atomic E-state index is 4.45. The molecule has 3 heterocycles. The summed E-state index contributed by atoms with van der Waals surface area (Å²) in [6.07, 6.45) is 5.48. The minimum absolute atomic E-state index is 0. The summed E-state index contributed by atoms with van der Waals surface area (Å²) in [5, 5.41) is 1.45. The molecule has 0 atom stereocenters. The molecule has 3 nitrogen and oxygen atoms in total. The number of halogens is 2. The molecule has 0 fully saturated rings. The number of aromatic nitrogens is 2. The molecule has 0 bridgehead atoms. The lowest BCUT2D eigenvalue weighted by molar-refractivity contribution is 0.333. The van der Waals surface area contributed by atoms with Crippen molar-refractivity contribution >= 4 is 35.7 Å². The fourth-order valence-electron chi connectivity index (χ4n) is 4.06. The van der Waals surface area contributed by atoms with Crippen LogP contribution in [0.4, 0.5) is 0 Å². The predicted octanol–water partition coefficient (Wildman–Crippen LogP) is 5.12. The summed E-state index contributed by atoms with van der Waals surface area (Å²) in [6.45, 7) is 7.52. The van der Waals surface area contributed by atoms with E-state index in [4.69, 9.17) is 0 Å². The molecule has 3 aromatic rings. The molecule has 0 saturated heterocycles. The number of rotatable bonds is 3. The minimum atomic E-state index is 0. The fourth-order valence-corrected chi connectivity index (χ4v) is 4.06. The van der Waals surface area contributed by atoms with Crippen LogP contribution in [-0.4, -0.2) is 28.0 Å². The summed E-state index contributed by atoms with van der Waals surface area (Å²) in [5.74, 6) is 0. The van der Waals surface area contributed by atoms with Crippen LogP contribution in [0.25, 0.3) is 10.9 Å². The maximum Gasteiger partial charge on any atom is 0.0486 e. The molecule has 1 aromatic carbocycles. The number of hydrogen-bond acceptors (Lipinski definition) is 2. The van der Waals surface area contributed by atoms with Gasteiger partial charge in [0.2, 0.25) is 0 Å². The van der Waals surface area contributed by atoms with Crippen molar-refractivity contribution < 1.29 is 0 Å². The normalized spacial score (nSPS) is 14.2. The van der Waals surface area contributed by atoms with Gasteiger partial charge in [-0.2, -0.15) is 0 Å². The second kappa shape index (κ2) is 9.09. The van der Waals surface area contributed by atoms with Crippen LogP contribution in [0.5, 0.6) is 0 Å². The van der Waals surface area contributed by atoms with Gasteiger partial charge in [0.15, 0.2) is 0 Å². The van der Waals surface area contributed by atoms with Crippen LogP contribution in [0.15, 0.2) is 36.5 Å². The summed E-state index contributed by atoms with van der Waals surface area (Å²) in [6, 6.07) is 11.3. The Labute approximate surface area is 174 Å². The van der Waals surface area contributed by atoms with Gasteiger partial charge in [-0.25, -0.2) is 0 Å². The van der Waals surface area contributed by atoms with Crippen molar-refractivity contribution in [3.63, 3.8) is 0 Å². The monoisotopic (exact) mass is 405 g/mol. The molecule has 0 unspecified atom stereocenters. The first-order valence-corrected chi connectivity index (χ1v) is 9.32. The van der Waals surface area contributed by atoms with Gasteiger partial charge in [0.1, 0.15) is 0 Å². The van der Waals surface area contributed by atoms with Crippen LogP contribution in [0.3, 0.4) is 0 Å². The van der Waals surface area contributed by atoms with Gasteiger partial charge < -0.3 is 9.47 Å². The second-order valence-corrected chi connectivity index (χ2v) is 7.50. The molecule has 1 aliphatic heterocycles. The lowest BCUT2D eigenvalue weighted by Gasteiger charge is -2.12. The average Bonchev–Trinajstić information content (AvgIpc) is 2.74. The lowest BCUT2D eigenvalue weighted by Crippen LogP contribution is -2.17. The summed E-state index contributed by atoms with van der Waals surface area (Å²) in [7, 11) is 2.24. The third-order valence-electron chi connectivity index (χ3n) is 5.42. The largest absolute Gasteiger partial charge is 0.344 e. The molecule has 0 aliphatic carbocycles. The SMILES string of the molecule is Cc1ccc2c(c1)c1c(n2CCc2ccc(C)nc2)CCCN(C)C1.Cl.Cl. The molecule has 0 amide bonds. The van der Waals surface area contributed by atoms with E-state index in [-0.39, 0.29) is 24.8 Å². The van der Waals surface area contributed by atoms with Crippen LogP contribution >= 0.6 is 24.8 Å². The highest BCUT2D eigenvalue weighted by molar-refractivity contribution is 5.86. The second-order valence-electron chi connectivity index (χ2n) is 7.50. The van der Waals surface area contributed by atoms with E-state index in [2.05, 4.69) is 58.8 Å². The Bertz CT molecular complexity index is 900. The van der Waals surface area contributed by atoms with Gasteiger partial charge in [-0.15, -0.1) is 24.8 Å². The number of benzene rings is 1. The van der Waals surface area contributed by atoms with E-state index in [0.717, 1.165) is 25.2 Å². The van der Waals surface area contributed by atoms with E-state index in [1.54, 1.807) is 11.3 Å². The van der Waals surface area contributed by atoms with Crippen molar-refractivity contribution in [3.8, 4) is 0 Å². The first-order chi connectivity index (χ1) is 12.1. The van der Waals surface area contributed by atoms with Gasteiger partial charge >= 0.3 is 0 Å². The highest BCUT2D eigenvalue weighted by Gasteiger charge is 2.20. The fraction of sp³-hybridized carbons (Fsp3) is 0.409. The molecule has 27 heavy (non-hydrogen) atoms. The standard InChI is InChI=1S/C22H27N3.2ClH/c1-16-6-9-22-19(13-16)20-15-24(3)11-4-5-21(20)25(22)12-10-18-8-7-17(2)23-14-18;;/h6-9,13-14H,4-5,10-12,15H2,1-3H3;2*1H. The summed E-state index contributed by atoms with van der Waals surface area (Å²) in [4.78, 5) is 6.91. The summed E-state index contributed by atoms with van der Waals surface area (Å²) in [5.41, 5.74) is 8.24. The highest BCUT2D eigenvalue weighted by Crippen LogP contribution is 2.31. The predicted molar refractivity (Wildman–Crippen MR) is 119 cm³/mol. The topological polar surface area (TPSA) is 21.1 Å². The smallest absolute Gasteiger partial charge is 0.0486 e. The molecule has 0 spiro atoms. The van der Waals surface area contributed by atoms with Gasteiger partial charge in [0.05, 0.1) is 0 Å². The molecule has 146 valence electrons. The van der Waals surface area contributed by atoms with E-state index in [1.807, 2.05) is 13.1 Å². The molecule has 4 rings (SSSR count). The number of nitrogens with zero attached hydrogens (tertiary/aromatic N) is 3. The van der Waals surface area contributed by atoms with Crippen molar-refractivity contribution in [1.82, 2.24) is 14.5 Å². The van der Waals surface area contributed by atoms with Gasteiger partial charge in [-0.05, 0) is 76.0 Å². The van der Waals surface area contributed by atoms with E-state index in [0.29, 0.717) is 0 Å². The Morgan fingerprint density at radius 1 is 1.07 bits per heavy atom. The average molecular weight is 406 g/mol. The summed E-state index contributed by atoms with van der Waals surface area (Å²) >= 11 is 0. The third-order valence-corrected chi connectivity index (χ3v) is 5.42. The first-order valence-electron chi connectivity index (χ1n) is 9.32. The number of aryl methyl sites for hydroxylation is 4. The zero-order chi connectivity index (χ0) is 17.4. The first kappa shape index (κ1) is 21.7. The molecule has 2 aromatic heterocycles. The third kappa shape index (κ3) is 4.48. The number of pyridine rings is 1. The lowest BCUT2D eigenvalue weighted by atomic mass is 10.1. The van der Waals surface area contributed by atoms with Crippen LogP contribution < -0.4 is 0 Å². The molecule has 0 N–H and O–H groups in total. The Balaban J connectivity index is 0.00000131. The number of fused-ring (bicyclic) bond motifs is 3. The van der Waals surface area contributed by atoms with Crippen molar-refractivity contribution in [1.29, 1.82) is 0 Å². The Morgan fingerprint density at radius 2 is 1.89 bits per heavy atom. The van der Waals surface area contributed by atoms with Gasteiger partial charge in [-0.1, -0.05) is 17.7 Å². The Morgan fingerprint density at radius 3 is 2.63 bits per heavy atom. The van der Waals surface area contributed by atoms with Crippen molar-refractivity contribution in [2.24, 2.45) is 0 Å². The number of hydrogen-bond donors (Lipinski definition) is 0. The molecule has 5 heteroatoms. The molecule has 0 radical (unpaired) electrons. The molecule has 0 saturated carbocycles. The highest BCUT2D eigenvalue weighted by atomic mass is 35.5. The van der Waals surface area contributed by atoms with E-state index in [1.165, 1.54) is 41.4 Å². The molecular weight excluding hydrogens is 377 g/mol. The van der Waals surface area contributed by atoms with Crippen LogP contribution in [0, 0.1) is 13.8 Å². The van der Waals surface area contributed by atoms with Gasteiger partial charge in [0.25, 0.3) is 0 Å². The minimum Gasteiger partial charge on any atom is -0.344 e. The van der Waals surface area contributed by atoms with E-state index < -0.39 is 0 Å². The van der Waals surface area contributed by atoms with E-state index >= 15 is 0 Å². The van der Waals surface area contributed by atoms with E-state index in [9.17, 15) is 0 Å². The van der Waals surface area contributed by atoms with Crippen molar-refractivity contribution in [2.75, 3.05) is 13.6 Å². The molecule has 1 aliphatic rings. The van der Waals surface area contributed by atoms with Crippen molar-refractivity contribution in [2.45, 2.75) is 46.2 Å². The van der Waals surface area contributed by atoms with Crippen LogP contribution in [-0.2, 0) is 25.9 Å². The van der Waals surface area contributed by atoms with Crippen molar-refractivity contribution in [3.05, 3.63) is 64.6 Å². The zero-order valence-corrected chi connectivity index (χ0v) is 18.0. The Hall–Kier alpha value is -1.55. The zero-order valence-electron chi connectivity index (χ0n) is 16.4. The molecular formula is C22H29Cl2N3. The van der Waals surface area contributed by atoms with Crippen LogP contribution in [0.1, 0.15) is 34.5 Å². The Kier molecular flexibility index (Phi) is 7.32. The van der Waals surface area contributed by atoms with Crippen LogP contribution in [0.2, 0.25) is 0 Å². The quantitative estimate of drug-likeness (QED) is 0.602. The van der Waals surface area contributed by atoms with Gasteiger partial charge in [-0.3, -0.25) is 4.98 Å². The van der Waals surface area contributed by atoms with Gasteiger partial charge in [0, 0.05) is 41.6 Å².